The van der Waals surface area contributed by atoms with Gasteiger partial charge in [-0.2, -0.15) is 0 Å². The molecule has 1 aromatic rings. The summed E-state index contributed by atoms with van der Waals surface area (Å²) >= 11 is 0. The molecular formula is C11H16N2O4. The summed E-state index contributed by atoms with van der Waals surface area (Å²) in [5.74, 6) is 0.358. The van der Waals surface area contributed by atoms with Crippen LogP contribution in [0.2, 0.25) is 0 Å². The summed E-state index contributed by atoms with van der Waals surface area (Å²) in [6, 6.07) is 2.22. The number of carbonyl (C=O) groups excluding carboxylic acids is 1. The van der Waals surface area contributed by atoms with Gasteiger partial charge in [0.15, 0.2) is 0 Å². The van der Waals surface area contributed by atoms with Gasteiger partial charge in [0.05, 0.1) is 6.54 Å². The first kappa shape index (κ1) is 13.1. The van der Waals surface area contributed by atoms with Crippen LogP contribution < -0.4 is 5.32 Å². The number of hydrogen-bond acceptors (Lipinski definition) is 3. The molecule has 0 saturated carbocycles. The lowest BCUT2D eigenvalue weighted by molar-refractivity contribution is -0.138. The maximum atomic E-state index is 11.6. The summed E-state index contributed by atoms with van der Waals surface area (Å²) in [6.07, 6.45) is 0. The van der Waals surface area contributed by atoms with Crippen molar-refractivity contribution in [3.05, 3.63) is 23.7 Å². The van der Waals surface area contributed by atoms with Crippen molar-refractivity contribution in [2.75, 3.05) is 7.05 Å². The Balaban J connectivity index is 2.50. The Morgan fingerprint density at radius 2 is 2.18 bits per heavy atom. The van der Waals surface area contributed by atoms with E-state index < -0.39 is 18.0 Å². The molecule has 0 unspecified atom stereocenters. The Morgan fingerprint density at radius 1 is 1.53 bits per heavy atom. The minimum absolute atomic E-state index is 0.298. The molecule has 0 aliphatic carbocycles. The minimum Gasteiger partial charge on any atom is -0.480 e. The monoisotopic (exact) mass is 240 g/mol. The molecule has 0 bridgehead atoms. The maximum absolute atomic E-state index is 11.6. The minimum atomic E-state index is -1.07. The fourth-order valence-electron chi connectivity index (χ4n) is 1.23. The number of aryl methyl sites for hydroxylation is 1. The first-order chi connectivity index (χ1) is 7.90. The van der Waals surface area contributed by atoms with Gasteiger partial charge >= 0.3 is 12.0 Å². The molecule has 0 aromatic carbocycles. The second-order valence-corrected chi connectivity index (χ2v) is 3.88. The van der Waals surface area contributed by atoms with E-state index in [1.54, 1.807) is 19.2 Å². The molecule has 0 spiro atoms. The summed E-state index contributed by atoms with van der Waals surface area (Å²) in [5.41, 5.74) is 0. The van der Waals surface area contributed by atoms with E-state index in [2.05, 4.69) is 5.32 Å². The van der Waals surface area contributed by atoms with Gasteiger partial charge in [0.25, 0.3) is 0 Å². The highest BCUT2D eigenvalue weighted by Crippen LogP contribution is 2.08. The number of carboxylic acid groups (broad SMARTS) is 1. The van der Waals surface area contributed by atoms with E-state index in [0.29, 0.717) is 12.3 Å². The van der Waals surface area contributed by atoms with E-state index in [-0.39, 0.29) is 0 Å². The van der Waals surface area contributed by atoms with Crippen molar-refractivity contribution in [1.82, 2.24) is 10.2 Å². The summed E-state index contributed by atoms with van der Waals surface area (Å²) in [6.45, 7) is 3.52. The highest BCUT2D eigenvalue weighted by molar-refractivity contribution is 5.82. The third-order valence-electron chi connectivity index (χ3n) is 2.25. The molecule has 1 heterocycles. The normalized spacial score (nSPS) is 11.9. The lowest BCUT2D eigenvalue weighted by atomic mass is 10.3. The summed E-state index contributed by atoms with van der Waals surface area (Å²) in [4.78, 5) is 23.5. The molecule has 1 aromatic heterocycles. The van der Waals surface area contributed by atoms with Gasteiger partial charge in [0.1, 0.15) is 17.6 Å². The number of furan rings is 1. The number of nitrogens with one attached hydrogen (secondary N) is 1. The van der Waals surface area contributed by atoms with Gasteiger partial charge in [0.2, 0.25) is 0 Å². The summed E-state index contributed by atoms with van der Waals surface area (Å²) in [5, 5.41) is 11.0. The molecule has 0 fully saturated rings. The van der Waals surface area contributed by atoms with Gasteiger partial charge in [-0.1, -0.05) is 0 Å². The number of carboxylic acids is 1. The van der Waals surface area contributed by atoms with E-state index in [0.717, 1.165) is 5.76 Å². The van der Waals surface area contributed by atoms with Crippen LogP contribution in [0.4, 0.5) is 4.79 Å². The molecule has 0 saturated heterocycles. The number of aliphatic carboxylic acids is 1. The second-order valence-electron chi connectivity index (χ2n) is 3.88. The van der Waals surface area contributed by atoms with Crippen molar-refractivity contribution < 1.29 is 19.1 Å². The van der Waals surface area contributed by atoms with Crippen molar-refractivity contribution >= 4 is 12.0 Å². The van der Waals surface area contributed by atoms with Crippen molar-refractivity contribution in [3.8, 4) is 0 Å². The largest absolute Gasteiger partial charge is 0.480 e. The fraction of sp³-hybridized carbons (Fsp3) is 0.455. The number of nitrogens with zero attached hydrogens (tertiary/aromatic N) is 1. The Hall–Kier alpha value is -1.98. The van der Waals surface area contributed by atoms with Crippen LogP contribution in [-0.2, 0) is 11.3 Å². The van der Waals surface area contributed by atoms with Crippen LogP contribution >= 0.6 is 0 Å². The molecule has 6 nitrogen and oxygen atoms in total. The van der Waals surface area contributed by atoms with Crippen molar-refractivity contribution in [2.24, 2.45) is 0 Å². The van der Waals surface area contributed by atoms with Crippen molar-refractivity contribution in [2.45, 2.75) is 26.4 Å². The number of carbonyl (C=O) groups is 2. The molecule has 2 amide bonds. The Kier molecular flexibility index (Phi) is 4.14. The number of hydrogen-bond donors (Lipinski definition) is 2. The zero-order chi connectivity index (χ0) is 13.0. The topological polar surface area (TPSA) is 82.8 Å². The maximum Gasteiger partial charge on any atom is 0.325 e. The standard InChI is InChI=1S/C11H16N2O4/c1-7-4-5-9(17-7)6-13(3)11(16)12-8(2)10(14)15/h4-5,8H,6H2,1-3H3,(H,12,16)(H,14,15)/t8-/m0/s1. The van der Waals surface area contributed by atoms with Crippen molar-refractivity contribution in [1.29, 1.82) is 0 Å². The lowest BCUT2D eigenvalue weighted by Crippen LogP contribution is -2.44. The van der Waals surface area contributed by atoms with E-state index in [9.17, 15) is 9.59 Å². The van der Waals surface area contributed by atoms with E-state index in [4.69, 9.17) is 9.52 Å². The van der Waals surface area contributed by atoms with Crippen LogP contribution in [0, 0.1) is 6.92 Å². The molecule has 17 heavy (non-hydrogen) atoms. The first-order valence-corrected chi connectivity index (χ1v) is 5.20. The molecule has 6 heteroatoms. The fourth-order valence-corrected chi connectivity index (χ4v) is 1.23. The number of urea groups is 1. The SMILES string of the molecule is Cc1ccc(CN(C)C(=O)N[C@@H](C)C(=O)O)o1. The van der Waals surface area contributed by atoms with Crippen LogP contribution in [0.25, 0.3) is 0 Å². The first-order valence-electron chi connectivity index (χ1n) is 5.20. The summed E-state index contributed by atoms with van der Waals surface area (Å²) < 4.78 is 5.32. The zero-order valence-corrected chi connectivity index (χ0v) is 10.1. The number of amides is 2. The van der Waals surface area contributed by atoms with Crippen LogP contribution in [-0.4, -0.2) is 35.1 Å². The predicted molar refractivity (Wildman–Crippen MR) is 60.5 cm³/mol. The van der Waals surface area contributed by atoms with Crippen molar-refractivity contribution in [3.63, 3.8) is 0 Å². The lowest BCUT2D eigenvalue weighted by Gasteiger charge is -2.18. The number of rotatable bonds is 4. The van der Waals surface area contributed by atoms with E-state index in [1.807, 2.05) is 6.92 Å². The molecule has 1 atom stereocenters. The Labute approximate surface area is 99.2 Å². The quantitative estimate of drug-likeness (QED) is 0.828. The summed E-state index contributed by atoms with van der Waals surface area (Å²) in [7, 11) is 1.57. The van der Waals surface area contributed by atoms with E-state index >= 15 is 0 Å². The smallest absolute Gasteiger partial charge is 0.325 e. The van der Waals surface area contributed by atoms with Gasteiger partial charge in [-0.05, 0) is 26.0 Å². The van der Waals surface area contributed by atoms with E-state index in [1.165, 1.54) is 11.8 Å². The average molecular weight is 240 g/mol. The molecule has 94 valence electrons. The van der Waals surface area contributed by atoms with Crippen LogP contribution in [0.15, 0.2) is 16.5 Å². The molecule has 2 N–H and O–H groups in total. The molecule has 0 aliphatic heterocycles. The molecule has 0 radical (unpaired) electrons. The highest BCUT2D eigenvalue weighted by Gasteiger charge is 2.17. The second kappa shape index (κ2) is 5.38. The van der Waals surface area contributed by atoms with Crippen LogP contribution in [0.3, 0.4) is 0 Å². The highest BCUT2D eigenvalue weighted by atomic mass is 16.4. The zero-order valence-electron chi connectivity index (χ0n) is 10.1. The van der Waals surface area contributed by atoms with Gasteiger partial charge in [-0.3, -0.25) is 4.79 Å². The van der Waals surface area contributed by atoms with Gasteiger partial charge in [-0.25, -0.2) is 4.79 Å². The molecule has 1 rings (SSSR count). The van der Waals surface area contributed by atoms with Crippen LogP contribution in [0.5, 0.6) is 0 Å². The van der Waals surface area contributed by atoms with Gasteiger partial charge in [0, 0.05) is 7.05 Å². The molecular weight excluding hydrogens is 224 g/mol. The van der Waals surface area contributed by atoms with Crippen LogP contribution in [0.1, 0.15) is 18.4 Å². The Bertz CT molecular complexity index is 413. The third-order valence-corrected chi connectivity index (χ3v) is 2.25. The molecule has 0 aliphatic rings. The Morgan fingerprint density at radius 3 is 2.65 bits per heavy atom. The predicted octanol–water partition coefficient (Wildman–Crippen LogP) is 1.20. The third kappa shape index (κ3) is 3.82. The van der Waals surface area contributed by atoms with Gasteiger partial charge in [-0.15, -0.1) is 0 Å². The van der Waals surface area contributed by atoms with Gasteiger partial charge < -0.3 is 19.7 Å². The average Bonchev–Trinajstić information content (AvgIpc) is 2.63.